The van der Waals surface area contributed by atoms with Crippen molar-refractivity contribution in [3.63, 3.8) is 0 Å². The molecule has 1 amide bonds. The van der Waals surface area contributed by atoms with E-state index in [4.69, 9.17) is 28.9 Å². The Morgan fingerprint density at radius 3 is 2.89 bits per heavy atom. The predicted octanol–water partition coefficient (Wildman–Crippen LogP) is 2.95. The van der Waals surface area contributed by atoms with Crippen LogP contribution in [0, 0.1) is 0 Å². The number of likely N-dealkylation sites (tertiary alicyclic amines) is 1. The van der Waals surface area contributed by atoms with Gasteiger partial charge in [0, 0.05) is 19.1 Å². The van der Waals surface area contributed by atoms with Gasteiger partial charge in [-0.3, -0.25) is 4.79 Å². The summed E-state index contributed by atoms with van der Waals surface area (Å²) < 4.78 is 0. The summed E-state index contributed by atoms with van der Waals surface area (Å²) in [6.45, 7) is 1.23. The van der Waals surface area contributed by atoms with Gasteiger partial charge < -0.3 is 10.6 Å². The molecule has 0 aromatic heterocycles. The van der Waals surface area contributed by atoms with E-state index in [0.29, 0.717) is 22.2 Å². The molecule has 1 fully saturated rings. The van der Waals surface area contributed by atoms with Gasteiger partial charge in [0.25, 0.3) is 5.91 Å². The number of nitrogens with two attached hydrogens (primary N) is 1. The average molecular weight is 287 g/mol. The highest BCUT2D eigenvalue weighted by Crippen LogP contribution is 2.28. The van der Waals surface area contributed by atoms with E-state index in [9.17, 15) is 4.79 Å². The number of hydrogen-bond acceptors (Lipinski definition) is 2. The Bertz CT molecular complexity index is 451. The van der Waals surface area contributed by atoms with Gasteiger partial charge in [-0.1, -0.05) is 29.3 Å². The number of halogens is 2. The summed E-state index contributed by atoms with van der Waals surface area (Å²) >= 11 is 12.0. The van der Waals surface area contributed by atoms with Gasteiger partial charge in [0.1, 0.15) is 0 Å². The van der Waals surface area contributed by atoms with E-state index in [1.165, 1.54) is 0 Å². The molecule has 0 aliphatic carbocycles. The zero-order chi connectivity index (χ0) is 13.1. The smallest absolute Gasteiger partial charge is 0.255 e. The molecule has 2 N–H and O–H groups in total. The molecule has 0 bridgehead atoms. The number of carbonyl (C=O) groups is 1. The lowest BCUT2D eigenvalue weighted by atomic mass is 10.0. The van der Waals surface area contributed by atoms with Crippen molar-refractivity contribution >= 4 is 29.1 Å². The predicted molar refractivity (Wildman–Crippen MR) is 74.2 cm³/mol. The molecule has 0 radical (unpaired) electrons. The molecule has 1 saturated heterocycles. The number of piperidine rings is 1. The second kappa shape index (κ2) is 5.91. The van der Waals surface area contributed by atoms with Crippen molar-refractivity contribution in [1.82, 2.24) is 4.90 Å². The third-order valence-corrected chi connectivity index (χ3v) is 4.16. The van der Waals surface area contributed by atoms with Crippen LogP contribution < -0.4 is 5.73 Å². The normalized spacial score (nSPS) is 19.9. The van der Waals surface area contributed by atoms with Gasteiger partial charge in [-0.25, -0.2) is 0 Å². The van der Waals surface area contributed by atoms with E-state index < -0.39 is 0 Å². The average Bonchev–Trinajstić information content (AvgIpc) is 2.41. The summed E-state index contributed by atoms with van der Waals surface area (Å²) in [4.78, 5) is 14.3. The molecule has 18 heavy (non-hydrogen) atoms. The highest BCUT2D eigenvalue weighted by molar-refractivity contribution is 6.43. The zero-order valence-electron chi connectivity index (χ0n) is 10.0. The quantitative estimate of drug-likeness (QED) is 0.909. The molecule has 5 heteroatoms. The van der Waals surface area contributed by atoms with E-state index in [0.717, 1.165) is 25.8 Å². The fourth-order valence-electron chi connectivity index (χ4n) is 2.34. The molecule has 1 heterocycles. The number of benzene rings is 1. The monoisotopic (exact) mass is 286 g/mol. The van der Waals surface area contributed by atoms with Crippen LogP contribution in [0.25, 0.3) is 0 Å². The van der Waals surface area contributed by atoms with Gasteiger partial charge in [-0.05, 0) is 31.4 Å². The van der Waals surface area contributed by atoms with Gasteiger partial charge in [-0.15, -0.1) is 0 Å². The summed E-state index contributed by atoms with van der Waals surface area (Å²) in [5.74, 6) is -0.0716. The minimum Gasteiger partial charge on any atom is -0.334 e. The van der Waals surface area contributed by atoms with Gasteiger partial charge in [0.15, 0.2) is 0 Å². The summed E-state index contributed by atoms with van der Waals surface area (Å²) in [6.07, 6.45) is 3.09. The highest BCUT2D eigenvalue weighted by Gasteiger charge is 2.27. The van der Waals surface area contributed by atoms with Crippen molar-refractivity contribution in [1.29, 1.82) is 0 Å². The summed E-state index contributed by atoms with van der Waals surface area (Å²) in [7, 11) is 0. The Morgan fingerprint density at radius 2 is 2.17 bits per heavy atom. The lowest BCUT2D eigenvalue weighted by Gasteiger charge is -2.35. The molecule has 0 unspecified atom stereocenters. The Balaban J connectivity index is 2.27. The van der Waals surface area contributed by atoms with Crippen molar-refractivity contribution < 1.29 is 4.79 Å². The number of nitrogens with zero attached hydrogens (tertiary/aromatic N) is 1. The number of amides is 1. The standard InChI is InChI=1S/C13H16Cl2N2O/c14-11-6-3-5-10(12(11)15)13(18)17-7-2-1-4-9(17)8-16/h3,5-6,9H,1-2,4,7-8,16H2/t9-/m1/s1. The molecule has 3 nitrogen and oxygen atoms in total. The molecule has 1 aliphatic heterocycles. The third-order valence-electron chi connectivity index (χ3n) is 3.34. The van der Waals surface area contributed by atoms with Crippen molar-refractivity contribution in [3.8, 4) is 0 Å². The van der Waals surface area contributed by atoms with Crippen LogP contribution in [0.5, 0.6) is 0 Å². The Labute approximate surface area is 117 Å². The minimum absolute atomic E-state index is 0.0716. The van der Waals surface area contributed by atoms with E-state index in [1.807, 2.05) is 4.90 Å². The summed E-state index contributed by atoms with van der Waals surface area (Å²) in [5, 5.41) is 0.731. The first-order chi connectivity index (χ1) is 8.65. The second-order valence-electron chi connectivity index (χ2n) is 4.49. The number of hydrogen-bond donors (Lipinski definition) is 1. The molecular formula is C13H16Cl2N2O. The van der Waals surface area contributed by atoms with Crippen LogP contribution in [0.4, 0.5) is 0 Å². The molecule has 2 rings (SSSR count). The van der Waals surface area contributed by atoms with E-state index in [1.54, 1.807) is 18.2 Å². The van der Waals surface area contributed by atoms with Crippen LogP contribution in [0.1, 0.15) is 29.6 Å². The largest absolute Gasteiger partial charge is 0.334 e. The van der Waals surface area contributed by atoms with Gasteiger partial charge in [-0.2, -0.15) is 0 Å². The van der Waals surface area contributed by atoms with Crippen LogP contribution in [0.2, 0.25) is 10.0 Å². The van der Waals surface area contributed by atoms with Gasteiger partial charge in [0.05, 0.1) is 15.6 Å². The van der Waals surface area contributed by atoms with Gasteiger partial charge >= 0.3 is 0 Å². The zero-order valence-corrected chi connectivity index (χ0v) is 11.5. The third kappa shape index (κ3) is 2.63. The van der Waals surface area contributed by atoms with Crippen molar-refractivity contribution in [2.45, 2.75) is 25.3 Å². The maximum absolute atomic E-state index is 12.5. The van der Waals surface area contributed by atoms with E-state index >= 15 is 0 Å². The lowest BCUT2D eigenvalue weighted by molar-refractivity contribution is 0.0623. The van der Waals surface area contributed by atoms with E-state index in [-0.39, 0.29) is 11.9 Å². The minimum atomic E-state index is -0.0716. The van der Waals surface area contributed by atoms with Crippen LogP contribution in [-0.4, -0.2) is 29.9 Å². The van der Waals surface area contributed by atoms with Gasteiger partial charge in [0.2, 0.25) is 0 Å². The van der Waals surface area contributed by atoms with Crippen molar-refractivity contribution in [2.24, 2.45) is 5.73 Å². The molecule has 1 aromatic carbocycles. The van der Waals surface area contributed by atoms with Crippen LogP contribution >= 0.6 is 23.2 Å². The van der Waals surface area contributed by atoms with Crippen LogP contribution in [0.3, 0.4) is 0 Å². The molecule has 0 saturated carbocycles. The lowest BCUT2D eigenvalue weighted by Crippen LogP contribution is -2.47. The number of carbonyl (C=O) groups excluding carboxylic acids is 1. The molecular weight excluding hydrogens is 271 g/mol. The number of rotatable bonds is 2. The SMILES string of the molecule is NC[C@H]1CCCCN1C(=O)c1cccc(Cl)c1Cl. The molecule has 98 valence electrons. The maximum atomic E-state index is 12.5. The summed E-state index contributed by atoms with van der Waals surface area (Å²) in [5.41, 5.74) is 6.19. The van der Waals surface area contributed by atoms with Crippen LogP contribution in [0.15, 0.2) is 18.2 Å². The molecule has 0 spiro atoms. The Kier molecular flexibility index (Phi) is 4.49. The fraction of sp³-hybridized carbons (Fsp3) is 0.462. The first-order valence-corrected chi connectivity index (χ1v) is 6.85. The fourth-order valence-corrected chi connectivity index (χ4v) is 2.72. The summed E-state index contributed by atoms with van der Waals surface area (Å²) in [6, 6.07) is 5.24. The second-order valence-corrected chi connectivity index (χ2v) is 5.27. The topological polar surface area (TPSA) is 46.3 Å². The van der Waals surface area contributed by atoms with E-state index in [2.05, 4.69) is 0 Å². The van der Waals surface area contributed by atoms with Crippen molar-refractivity contribution in [3.05, 3.63) is 33.8 Å². The van der Waals surface area contributed by atoms with Crippen molar-refractivity contribution in [2.75, 3.05) is 13.1 Å². The molecule has 1 atom stereocenters. The maximum Gasteiger partial charge on any atom is 0.255 e. The highest BCUT2D eigenvalue weighted by atomic mass is 35.5. The first-order valence-electron chi connectivity index (χ1n) is 6.10. The Hall–Kier alpha value is -0.770. The molecule has 1 aromatic rings. The molecule has 1 aliphatic rings. The first kappa shape index (κ1) is 13.7. The van der Waals surface area contributed by atoms with Crippen LogP contribution in [-0.2, 0) is 0 Å². The Morgan fingerprint density at radius 1 is 1.39 bits per heavy atom.